The van der Waals surface area contributed by atoms with Crippen LogP contribution >= 0.6 is 15.9 Å². The Morgan fingerprint density at radius 3 is 2.24 bits per heavy atom. The summed E-state index contributed by atoms with van der Waals surface area (Å²) in [4.78, 5) is 0. The van der Waals surface area contributed by atoms with Crippen LogP contribution in [0.4, 0.5) is 18.9 Å². The van der Waals surface area contributed by atoms with Crippen molar-refractivity contribution in [2.75, 3.05) is 5.73 Å². The molecule has 0 bridgehead atoms. The molecule has 0 saturated heterocycles. The van der Waals surface area contributed by atoms with Crippen molar-refractivity contribution < 1.29 is 17.9 Å². The molecule has 0 heterocycles. The first-order chi connectivity index (χ1) is 9.90. The third-order valence-corrected chi connectivity index (χ3v) is 3.18. The molecule has 0 saturated carbocycles. The van der Waals surface area contributed by atoms with E-state index >= 15 is 0 Å². The van der Waals surface area contributed by atoms with E-state index in [0.717, 1.165) is 12.1 Å². The van der Waals surface area contributed by atoms with Crippen molar-refractivity contribution in [1.82, 2.24) is 0 Å². The van der Waals surface area contributed by atoms with Gasteiger partial charge in [-0.05, 0) is 41.1 Å². The zero-order valence-electron chi connectivity index (χ0n) is 11.8. The number of benzene rings is 2. The highest BCUT2D eigenvalue weighted by Gasteiger charge is 2.17. The second-order valence-corrected chi connectivity index (χ2v) is 4.75. The molecule has 6 heteroatoms. The van der Waals surface area contributed by atoms with Gasteiger partial charge in [-0.1, -0.05) is 13.8 Å². The highest BCUT2D eigenvalue weighted by molar-refractivity contribution is 9.10. The molecule has 2 N–H and O–H groups in total. The van der Waals surface area contributed by atoms with E-state index in [4.69, 9.17) is 10.5 Å². The maximum atomic E-state index is 13.9. The number of hydrogen-bond acceptors (Lipinski definition) is 2. The van der Waals surface area contributed by atoms with E-state index in [1.807, 2.05) is 13.8 Å². The number of halogens is 4. The van der Waals surface area contributed by atoms with Crippen LogP contribution in [0.3, 0.4) is 0 Å². The topological polar surface area (TPSA) is 35.2 Å². The molecule has 114 valence electrons. The smallest absolute Gasteiger partial charge is 0.199 e. The first-order valence-electron chi connectivity index (χ1n) is 6.27. The van der Waals surface area contributed by atoms with Gasteiger partial charge in [0.05, 0.1) is 4.47 Å². The number of hydrogen-bond donors (Lipinski definition) is 1. The summed E-state index contributed by atoms with van der Waals surface area (Å²) in [5.74, 6) is -2.75. The van der Waals surface area contributed by atoms with Crippen LogP contribution in [0.15, 0.2) is 28.7 Å². The standard InChI is InChI=1S/C13H9BrF3NO.C2H6/c1-6-11(18)5-10(16)13(12(6)17)19-7-2-3-9(15)8(14)4-7;1-2/h2-5H,18H2,1H3;1-2H3. The van der Waals surface area contributed by atoms with E-state index in [9.17, 15) is 13.2 Å². The van der Waals surface area contributed by atoms with Gasteiger partial charge in [0.2, 0.25) is 0 Å². The van der Waals surface area contributed by atoms with Gasteiger partial charge in [-0.3, -0.25) is 0 Å². The van der Waals surface area contributed by atoms with Gasteiger partial charge >= 0.3 is 0 Å². The molecule has 0 aliphatic rings. The van der Waals surface area contributed by atoms with E-state index in [0.29, 0.717) is 0 Å². The second-order valence-electron chi connectivity index (χ2n) is 3.89. The number of nitrogens with two attached hydrogens (primary N) is 1. The minimum Gasteiger partial charge on any atom is -0.451 e. The molecule has 2 aromatic carbocycles. The van der Waals surface area contributed by atoms with E-state index in [1.165, 1.54) is 19.1 Å². The third kappa shape index (κ3) is 3.91. The highest BCUT2D eigenvalue weighted by Crippen LogP contribution is 2.33. The lowest BCUT2D eigenvalue weighted by Gasteiger charge is -2.11. The molecule has 0 fully saturated rings. The molecule has 0 aromatic heterocycles. The summed E-state index contributed by atoms with van der Waals surface area (Å²) in [6.07, 6.45) is 0. The molecule has 0 spiro atoms. The van der Waals surface area contributed by atoms with Crippen molar-refractivity contribution in [2.45, 2.75) is 20.8 Å². The Morgan fingerprint density at radius 2 is 1.67 bits per heavy atom. The lowest BCUT2D eigenvalue weighted by molar-refractivity contribution is 0.405. The Labute approximate surface area is 129 Å². The molecule has 2 rings (SSSR count). The lowest BCUT2D eigenvalue weighted by atomic mass is 10.1. The predicted octanol–water partition coefficient (Wildman–Crippen LogP) is 5.58. The van der Waals surface area contributed by atoms with Crippen LogP contribution < -0.4 is 10.5 Å². The summed E-state index contributed by atoms with van der Waals surface area (Å²) >= 11 is 2.96. The van der Waals surface area contributed by atoms with E-state index < -0.39 is 23.2 Å². The Hall–Kier alpha value is -1.69. The van der Waals surface area contributed by atoms with Crippen molar-refractivity contribution >= 4 is 21.6 Å². The number of nitrogen functional groups attached to an aromatic ring is 1. The molecular formula is C15H15BrF3NO. The highest BCUT2D eigenvalue weighted by atomic mass is 79.9. The summed E-state index contributed by atoms with van der Waals surface area (Å²) in [6.45, 7) is 5.41. The molecule has 0 aliphatic heterocycles. The van der Waals surface area contributed by atoms with Crippen LogP contribution in [-0.2, 0) is 0 Å². The van der Waals surface area contributed by atoms with Crippen molar-refractivity contribution in [3.05, 3.63) is 51.8 Å². The molecule has 2 nitrogen and oxygen atoms in total. The maximum absolute atomic E-state index is 13.9. The summed E-state index contributed by atoms with van der Waals surface area (Å²) < 4.78 is 45.8. The normalized spacial score (nSPS) is 9.86. The molecule has 0 unspecified atom stereocenters. The third-order valence-electron chi connectivity index (χ3n) is 2.57. The fourth-order valence-electron chi connectivity index (χ4n) is 1.46. The van der Waals surface area contributed by atoms with Crippen molar-refractivity contribution in [1.29, 1.82) is 0 Å². The van der Waals surface area contributed by atoms with E-state index in [1.54, 1.807) is 0 Å². The van der Waals surface area contributed by atoms with Crippen molar-refractivity contribution in [3.8, 4) is 11.5 Å². The number of rotatable bonds is 2. The van der Waals surface area contributed by atoms with Gasteiger partial charge in [0, 0.05) is 17.3 Å². The molecule has 0 amide bonds. The van der Waals surface area contributed by atoms with E-state index in [-0.39, 0.29) is 21.5 Å². The maximum Gasteiger partial charge on any atom is 0.199 e. The summed E-state index contributed by atoms with van der Waals surface area (Å²) in [5, 5.41) is 0. The van der Waals surface area contributed by atoms with Gasteiger partial charge in [-0.2, -0.15) is 0 Å². The second kappa shape index (κ2) is 7.36. The summed E-state index contributed by atoms with van der Waals surface area (Å²) in [7, 11) is 0. The minimum atomic E-state index is -0.916. The first-order valence-corrected chi connectivity index (χ1v) is 7.06. The van der Waals surface area contributed by atoms with Crippen LogP contribution in [0.1, 0.15) is 19.4 Å². The van der Waals surface area contributed by atoms with Gasteiger partial charge in [0.1, 0.15) is 11.6 Å². The number of ether oxygens (including phenoxy) is 1. The fourth-order valence-corrected chi connectivity index (χ4v) is 1.82. The average molecular weight is 362 g/mol. The van der Waals surface area contributed by atoms with Crippen LogP contribution in [0.25, 0.3) is 0 Å². The summed E-state index contributed by atoms with van der Waals surface area (Å²) in [5.41, 5.74) is 5.53. The van der Waals surface area contributed by atoms with Crippen LogP contribution in [0.2, 0.25) is 0 Å². The number of anilines is 1. The van der Waals surface area contributed by atoms with Gasteiger partial charge in [-0.25, -0.2) is 13.2 Å². The molecule has 21 heavy (non-hydrogen) atoms. The quantitative estimate of drug-likeness (QED) is 0.709. The monoisotopic (exact) mass is 361 g/mol. The molecule has 0 aliphatic carbocycles. The zero-order chi connectivity index (χ0) is 16.2. The first kappa shape index (κ1) is 17.4. The Kier molecular flexibility index (Phi) is 6.08. The molecular weight excluding hydrogens is 347 g/mol. The van der Waals surface area contributed by atoms with Gasteiger partial charge in [0.25, 0.3) is 0 Å². The Balaban J connectivity index is 0.00000106. The lowest BCUT2D eigenvalue weighted by Crippen LogP contribution is -2.00. The van der Waals surface area contributed by atoms with Crippen LogP contribution in [0, 0.1) is 24.4 Å². The molecule has 0 radical (unpaired) electrons. The van der Waals surface area contributed by atoms with Crippen molar-refractivity contribution in [3.63, 3.8) is 0 Å². The zero-order valence-corrected chi connectivity index (χ0v) is 13.4. The SMILES string of the molecule is CC.Cc1c(N)cc(F)c(Oc2ccc(F)c(Br)c2)c1F. The molecule has 2 aromatic rings. The fraction of sp³-hybridized carbons (Fsp3) is 0.200. The minimum absolute atomic E-state index is 0.00244. The van der Waals surface area contributed by atoms with Crippen LogP contribution in [0.5, 0.6) is 11.5 Å². The van der Waals surface area contributed by atoms with Gasteiger partial charge < -0.3 is 10.5 Å². The van der Waals surface area contributed by atoms with Gasteiger partial charge in [-0.15, -0.1) is 0 Å². The Morgan fingerprint density at radius 1 is 1.05 bits per heavy atom. The van der Waals surface area contributed by atoms with Crippen molar-refractivity contribution in [2.24, 2.45) is 0 Å². The van der Waals surface area contributed by atoms with Crippen LogP contribution in [-0.4, -0.2) is 0 Å². The van der Waals surface area contributed by atoms with E-state index in [2.05, 4.69) is 15.9 Å². The largest absolute Gasteiger partial charge is 0.451 e. The summed E-state index contributed by atoms with van der Waals surface area (Å²) in [6, 6.07) is 4.65. The molecule has 0 atom stereocenters. The predicted molar refractivity (Wildman–Crippen MR) is 81.0 cm³/mol. The van der Waals surface area contributed by atoms with Gasteiger partial charge in [0.15, 0.2) is 17.4 Å². The Bertz CT molecular complexity index is 647. The average Bonchev–Trinajstić information content (AvgIpc) is 2.47.